The third kappa shape index (κ3) is 3.98. The van der Waals surface area contributed by atoms with Crippen molar-refractivity contribution >= 4 is 16.9 Å². The molecule has 0 aliphatic heterocycles. The van der Waals surface area contributed by atoms with Crippen molar-refractivity contribution in [3.63, 3.8) is 0 Å². The van der Waals surface area contributed by atoms with E-state index in [0.29, 0.717) is 10.6 Å². The maximum Gasteiger partial charge on any atom is 0.416 e. The molecule has 2 aromatic rings. The minimum atomic E-state index is -4.44. The van der Waals surface area contributed by atoms with Crippen LogP contribution in [-0.4, -0.2) is 11.3 Å². The van der Waals surface area contributed by atoms with Gasteiger partial charge in [0.15, 0.2) is 0 Å². The van der Waals surface area contributed by atoms with Gasteiger partial charge in [-0.25, -0.2) is 4.21 Å². The Kier molecular flexibility index (Phi) is 5.03. The minimum absolute atomic E-state index is 0.0168. The highest BCUT2D eigenvalue weighted by atomic mass is 32.2. The second kappa shape index (κ2) is 6.79. The first-order chi connectivity index (χ1) is 10.4. The number of alkyl halides is 3. The van der Waals surface area contributed by atoms with Gasteiger partial charge in [0.2, 0.25) is 0 Å². The van der Waals surface area contributed by atoms with Crippen molar-refractivity contribution in [2.75, 3.05) is 7.11 Å². The predicted octanol–water partition coefficient (Wildman–Crippen LogP) is 4.49. The van der Waals surface area contributed by atoms with Crippen LogP contribution in [0.4, 0.5) is 13.2 Å². The van der Waals surface area contributed by atoms with Crippen LogP contribution >= 0.6 is 0 Å². The van der Waals surface area contributed by atoms with Crippen LogP contribution < -0.4 is 4.74 Å². The maximum atomic E-state index is 12.9. The molecule has 1 atom stereocenters. The highest BCUT2D eigenvalue weighted by Gasteiger charge is 2.32. The minimum Gasteiger partial charge on any atom is -0.497 e. The quantitative estimate of drug-likeness (QED) is 0.827. The van der Waals surface area contributed by atoms with Crippen LogP contribution in [-0.2, 0) is 17.0 Å². The summed E-state index contributed by atoms with van der Waals surface area (Å²) in [6.07, 6.45) is -3.22. The van der Waals surface area contributed by atoms with Crippen LogP contribution in [0.3, 0.4) is 0 Å². The molecule has 0 saturated heterocycles. The largest absolute Gasteiger partial charge is 0.497 e. The molecule has 1 unspecified atom stereocenters. The van der Waals surface area contributed by atoms with Crippen molar-refractivity contribution in [3.05, 3.63) is 65.1 Å². The van der Waals surface area contributed by atoms with E-state index in [1.165, 1.54) is 36.8 Å². The number of hydrogen-bond donors (Lipinski definition) is 0. The molecule has 0 aliphatic rings. The summed E-state index contributed by atoms with van der Waals surface area (Å²) < 4.78 is 55.6. The van der Waals surface area contributed by atoms with Crippen molar-refractivity contribution in [1.82, 2.24) is 0 Å². The molecule has 2 nitrogen and oxygen atoms in total. The first-order valence-electron chi connectivity index (χ1n) is 6.31. The fourth-order valence-electron chi connectivity index (χ4n) is 1.82. The van der Waals surface area contributed by atoms with Crippen molar-refractivity contribution in [1.29, 1.82) is 0 Å². The van der Waals surface area contributed by atoms with E-state index < -0.39 is 22.5 Å². The van der Waals surface area contributed by atoms with Crippen LogP contribution in [0.15, 0.2) is 58.8 Å². The van der Waals surface area contributed by atoms with Gasteiger partial charge < -0.3 is 4.74 Å². The van der Waals surface area contributed by atoms with E-state index in [4.69, 9.17) is 4.74 Å². The molecule has 116 valence electrons. The van der Waals surface area contributed by atoms with Crippen molar-refractivity contribution in [2.45, 2.75) is 11.1 Å². The van der Waals surface area contributed by atoms with Gasteiger partial charge in [-0.3, -0.25) is 0 Å². The molecule has 2 aromatic carbocycles. The van der Waals surface area contributed by atoms with Gasteiger partial charge in [-0.15, -0.1) is 0 Å². The van der Waals surface area contributed by atoms with Gasteiger partial charge >= 0.3 is 6.18 Å². The molecule has 0 N–H and O–H groups in total. The molecule has 0 heterocycles. The second-order valence-corrected chi connectivity index (χ2v) is 5.70. The number of halogens is 3. The predicted molar refractivity (Wildman–Crippen MR) is 79.9 cm³/mol. The van der Waals surface area contributed by atoms with E-state index in [9.17, 15) is 17.4 Å². The van der Waals surface area contributed by atoms with Crippen molar-refractivity contribution in [2.24, 2.45) is 0 Å². The Hall–Kier alpha value is -2.08. The molecule has 0 fully saturated rings. The Morgan fingerprint density at radius 1 is 1.05 bits per heavy atom. The average Bonchev–Trinajstić information content (AvgIpc) is 2.52. The Morgan fingerprint density at radius 2 is 1.68 bits per heavy atom. The van der Waals surface area contributed by atoms with Gasteiger partial charge in [0.25, 0.3) is 0 Å². The SMILES string of the molecule is COc1ccc(S(=O)/C=C\c2ccccc2C(F)(F)F)cc1. The van der Waals surface area contributed by atoms with Crippen LogP contribution in [0, 0.1) is 0 Å². The Bertz CT molecular complexity index is 691. The molecule has 0 spiro atoms. The van der Waals surface area contributed by atoms with E-state index in [2.05, 4.69) is 0 Å². The lowest BCUT2D eigenvalue weighted by Gasteiger charge is -2.09. The lowest BCUT2D eigenvalue weighted by Crippen LogP contribution is -2.06. The summed E-state index contributed by atoms with van der Waals surface area (Å²) in [7, 11) is -0.0188. The summed E-state index contributed by atoms with van der Waals surface area (Å²) in [4.78, 5) is 0.488. The monoisotopic (exact) mass is 326 g/mol. The zero-order valence-corrected chi connectivity index (χ0v) is 12.4. The summed E-state index contributed by atoms with van der Waals surface area (Å²) in [5.41, 5.74) is -0.769. The van der Waals surface area contributed by atoms with E-state index in [1.807, 2.05) is 0 Å². The molecule has 0 radical (unpaired) electrons. The zero-order chi connectivity index (χ0) is 16.2. The standard InChI is InChI=1S/C16H13F3O2S/c1-21-13-6-8-14(9-7-13)22(20)11-10-12-4-2-3-5-15(12)16(17,18)19/h2-11H,1H3/b11-10-. The Labute approximate surface area is 128 Å². The van der Waals surface area contributed by atoms with Crippen LogP contribution in [0.1, 0.15) is 11.1 Å². The summed E-state index contributed by atoms with van der Waals surface area (Å²) in [6.45, 7) is 0. The normalized spacial score (nSPS) is 13.3. The molecule has 0 aromatic heterocycles. The zero-order valence-electron chi connectivity index (χ0n) is 11.6. The van der Waals surface area contributed by atoms with E-state index in [-0.39, 0.29) is 5.56 Å². The third-order valence-corrected chi connectivity index (χ3v) is 4.05. The van der Waals surface area contributed by atoms with Gasteiger partial charge in [-0.05, 0) is 42.0 Å². The fourth-order valence-corrected chi connectivity index (χ4v) is 2.66. The summed E-state index contributed by atoms with van der Waals surface area (Å²) >= 11 is 0. The molecule has 0 aliphatic carbocycles. The number of hydrogen-bond acceptors (Lipinski definition) is 2. The lowest BCUT2D eigenvalue weighted by atomic mass is 10.1. The Morgan fingerprint density at radius 3 is 2.27 bits per heavy atom. The second-order valence-electron chi connectivity index (χ2n) is 4.36. The Balaban J connectivity index is 2.23. The fraction of sp³-hybridized carbons (Fsp3) is 0.125. The lowest BCUT2D eigenvalue weighted by molar-refractivity contribution is -0.137. The van der Waals surface area contributed by atoms with Crippen LogP contribution in [0.25, 0.3) is 6.08 Å². The highest BCUT2D eigenvalue weighted by Crippen LogP contribution is 2.32. The molecule has 2 rings (SSSR count). The van der Waals surface area contributed by atoms with Gasteiger partial charge in [0.05, 0.1) is 23.5 Å². The number of rotatable bonds is 4. The molecular formula is C16H13F3O2S. The summed E-state index contributed by atoms with van der Waals surface area (Å²) in [5, 5.41) is 1.24. The van der Waals surface area contributed by atoms with Crippen molar-refractivity contribution < 1.29 is 22.1 Å². The summed E-state index contributed by atoms with van der Waals surface area (Å²) in [5.74, 6) is 0.618. The smallest absolute Gasteiger partial charge is 0.416 e. The van der Waals surface area contributed by atoms with E-state index >= 15 is 0 Å². The molecule has 0 saturated carbocycles. The summed E-state index contributed by atoms with van der Waals surface area (Å²) in [6, 6.07) is 11.7. The number of benzene rings is 2. The third-order valence-electron chi connectivity index (χ3n) is 2.93. The molecule has 6 heteroatoms. The van der Waals surface area contributed by atoms with Crippen LogP contribution in [0.5, 0.6) is 5.75 Å². The number of ether oxygens (including phenoxy) is 1. The highest BCUT2D eigenvalue weighted by molar-refractivity contribution is 7.88. The first-order valence-corrected chi connectivity index (χ1v) is 7.52. The van der Waals surface area contributed by atoms with Gasteiger partial charge in [0, 0.05) is 10.3 Å². The van der Waals surface area contributed by atoms with E-state index in [1.54, 1.807) is 24.3 Å². The van der Waals surface area contributed by atoms with E-state index in [0.717, 1.165) is 6.07 Å². The first kappa shape index (κ1) is 16.3. The van der Waals surface area contributed by atoms with Gasteiger partial charge in [-0.2, -0.15) is 13.2 Å². The molecular weight excluding hydrogens is 313 g/mol. The molecule has 0 amide bonds. The topological polar surface area (TPSA) is 26.3 Å². The van der Waals surface area contributed by atoms with Gasteiger partial charge in [-0.1, -0.05) is 18.2 Å². The van der Waals surface area contributed by atoms with Gasteiger partial charge in [0.1, 0.15) is 5.75 Å². The average molecular weight is 326 g/mol. The van der Waals surface area contributed by atoms with Crippen molar-refractivity contribution in [3.8, 4) is 5.75 Å². The maximum absolute atomic E-state index is 12.9. The molecule has 22 heavy (non-hydrogen) atoms. The molecule has 0 bridgehead atoms. The number of methoxy groups -OCH3 is 1. The van der Waals surface area contributed by atoms with Crippen LogP contribution in [0.2, 0.25) is 0 Å².